The average molecular weight is 524 g/mol. The molecule has 0 aromatic heterocycles. The number of halogens is 2. The van der Waals surface area contributed by atoms with Gasteiger partial charge in [0.1, 0.15) is 11.7 Å². The summed E-state index contributed by atoms with van der Waals surface area (Å²) in [6.45, 7) is 12.6. The maximum atomic E-state index is 4.75. The van der Waals surface area contributed by atoms with Gasteiger partial charge in [-0.25, -0.2) is 0 Å². The Labute approximate surface area is 227 Å². The van der Waals surface area contributed by atoms with E-state index in [1.807, 2.05) is 0 Å². The van der Waals surface area contributed by atoms with Crippen molar-refractivity contribution in [2.24, 2.45) is 20.8 Å². The minimum Gasteiger partial charge on any atom is -0.369 e. The summed E-state index contributed by atoms with van der Waals surface area (Å²) in [5.41, 5.74) is 7.59. The number of nitrogens with one attached hydrogen (secondary N) is 2. The van der Waals surface area contributed by atoms with Gasteiger partial charge in [0.2, 0.25) is 0 Å². The van der Waals surface area contributed by atoms with E-state index in [1.54, 1.807) is 0 Å². The molecule has 190 valence electrons. The fourth-order valence-electron chi connectivity index (χ4n) is 4.36. The number of hydrogen-bond acceptors (Lipinski definition) is 4. The first-order valence-electron chi connectivity index (χ1n) is 12.2. The molecule has 0 bridgehead atoms. The topological polar surface area (TPSA) is 48.8 Å². The highest BCUT2D eigenvalue weighted by Gasteiger charge is 2.23. The van der Waals surface area contributed by atoms with Crippen LogP contribution in [-0.2, 0) is 0 Å². The van der Waals surface area contributed by atoms with Crippen molar-refractivity contribution in [3.05, 3.63) is 83.9 Å². The Morgan fingerprint density at radius 2 is 0.889 bits per heavy atom. The molecule has 0 spiro atoms. The number of hydrogen-bond donors (Lipinski definition) is 2. The Balaban J connectivity index is 0.00000180. The molecule has 0 radical (unpaired) electrons. The normalized spacial score (nSPS) is 17.8. The third-order valence-corrected chi connectivity index (χ3v) is 6.65. The van der Waals surface area contributed by atoms with Gasteiger partial charge in [-0.05, 0) is 28.3 Å². The van der Waals surface area contributed by atoms with Gasteiger partial charge in [0, 0.05) is 48.1 Å². The molecule has 4 nitrogen and oxygen atoms in total. The second-order valence-electron chi connectivity index (χ2n) is 11.1. The van der Waals surface area contributed by atoms with Crippen molar-refractivity contribution in [3.8, 4) is 22.3 Å². The van der Waals surface area contributed by atoms with Crippen molar-refractivity contribution in [1.82, 2.24) is 10.6 Å². The van der Waals surface area contributed by atoms with Crippen molar-refractivity contribution in [2.45, 2.75) is 27.7 Å². The lowest BCUT2D eigenvalue weighted by atomic mass is 9.92. The lowest BCUT2D eigenvalue weighted by Gasteiger charge is -2.29. The van der Waals surface area contributed by atoms with E-state index < -0.39 is 0 Å². The number of nitrogens with zero attached hydrogens (tertiary/aromatic N) is 2. The number of rotatable bonds is 4. The largest absolute Gasteiger partial charge is 0.369 e. The molecular weight excluding hydrogens is 487 g/mol. The summed E-state index contributed by atoms with van der Waals surface area (Å²) >= 11 is 0. The standard InChI is InChI=1S/C30H34N4.2ClH/c1-29(2)17-31-27(32-18-29)23-12-8-21(9-13-23)25-6-5-7-26(16-25)22-10-14-24(15-11-22)28-33-19-30(3,4)20-34-28;;/h5-16H,17-20H2,1-4H3,(H,31,32)(H,33,34);2*1H. The van der Waals surface area contributed by atoms with Gasteiger partial charge < -0.3 is 10.6 Å². The van der Waals surface area contributed by atoms with E-state index in [1.165, 1.54) is 22.3 Å². The minimum atomic E-state index is 0. The van der Waals surface area contributed by atoms with Crippen molar-refractivity contribution < 1.29 is 0 Å². The van der Waals surface area contributed by atoms with Crippen LogP contribution in [0.1, 0.15) is 38.8 Å². The quantitative estimate of drug-likeness (QED) is 0.404. The van der Waals surface area contributed by atoms with Crippen LogP contribution in [0.3, 0.4) is 0 Å². The van der Waals surface area contributed by atoms with Crippen molar-refractivity contribution in [2.75, 3.05) is 26.2 Å². The van der Waals surface area contributed by atoms with Gasteiger partial charge >= 0.3 is 0 Å². The fourth-order valence-corrected chi connectivity index (χ4v) is 4.36. The molecular formula is C30H36Cl2N4. The van der Waals surface area contributed by atoms with E-state index in [0.29, 0.717) is 0 Å². The van der Waals surface area contributed by atoms with Crippen LogP contribution in [0.5, 0.6) is 0 Å². The van der Waals surface area contributed by atoms with E-state index in [4.69, 9.17) is 9.98 Å². The van der Waals surface area contributed by atoms with E-state index >= 15 is 0 Å². The molecule has 0 unspecified atom stereocenters. The first-order chi connectivity index (χ1) is 16.3. The predicted octanol–water partition coefficient (Wildman–Crippen LogP) is 6.62. The number of benzene rings is 3. The lowest BCUT2D eigenvalue weighted by molar-refractivity contribution is 0.362. The molecule has 0 amide bonds. The molecule has 0 atom stereocenters. The molecule has 2 N–H and O–H groups in total. The molecule has 0 saturated heterocycles. The van der Waals surface area contributed by atoms with Crippen LogP contribution in [0, 0.1) is 10.8 Å². The first-order valence-corrected chi connectivity index (χ1v) is 12.2. The lowest BCUT2D eigenvalue weighted by Crippen LogP contribution is -2.41. The summed E-state index contributed by atoms with van der Waals surface area (Å²) in [6, 6.07) is 26.2. The van der Waals surface area contributed by atoms with Crippen molar-refractivity contribution in [1.29, 1.82) is 0 Å². The zero-order valence-corrected chi connectivity index (χ0v) is 23.1. The third-order valence-electron chi connectivity index (χ3n) is 6.65. The molecule has 5 rings (SSSR count). The van der Waals surface area contributed by atoms with E-state index in [9.17, 15) is 0 Å². The molecule has 3 aromatic carbocycles. The Bertz CT molecular complexity index is 1150. The van der Waals surface area contributed by atoms with Gasteiger partial charge in [-0.15, -0.1) is 24.8 Å². The van der Waals surface area contributed by atoms with Crippen LogP contribution < -0.4 is 10.6 Å². The molecule has 6 heteroatoms. The second kappa shape index (κ2) is 11.1. The molecule has 0 fully saturated rings. The predicted molar refractivity (Wildman–Crippen MR) is 158 cm³/mol. The molecule has 0 saturated carbocycles. The van der Waals surface area contributed by atoms with Crippen molar-refractivity contribution >= 4 is 36.5 Å². The number of aliphatic imine (C=N–C) groups is 2. The van der Waals surface area contributed by atoms with Crippen LogP contribution >= 0.6 is 24.8 Å². The average Bonchev–Trinajstić information content (AvgIpc) is 2.84. The summed E-state index contributed by atoms with van der Waals surface area (Å²) in [4.78, 5) is 9.50. The maximum Gasteiger partial charge on any atom is 0.128 e. The Morgan fingerprint density at radius 1 is 0.528 bits per heavy atom. The van der Waals surface area contributed by atoms with Gasteiger partial charge in [0.15, 0.2) is 0 Å². The molecule has 2 aliphatic heterocycles. The van der Waals surface area contributed by atoms with Gasteiger partial charge in [0.05, 0.1) is 0 Å². The monoisotopic (exact) mass is 522 g/mol. The van der Waals surface area contributed by atoms with Crippen molar-refractivity contribution in [3.63, 3.8) is 0 Å². The van der Waals surface area contributed by atoms with Gasteiger partial charge in [-0.1, -0.05) is 94.4 Å². The zero-order valence-electron chi connectivity index (χ0n) is 21.5. The molecule has 36 heavy (non-hydrogen) atoms. The minimum absolute atomic E-state index is 0. The fraction of sp³-hybridized carbons (Fsp3) is 0.333. The number of amidine groups is 2. The molecule has 3 aromatic rings. The van der Waals surface area contributed by atoms with E-state index in [0.717, 1.165) is 49.0 Å². The van der Waals surface area contributed by atoms with Crippen LogP contribution in [0.15, 0.2) is 82.8 Å². The van der Waals surface area contributed by atoms with E-state index in [2.05, 4.69) is 111 Å². The second-order valence-corrected chi connectivity index (χ2v) is 11.1. The highest BCUT2D eigenvalue weighted by molar-refractivity contribution is 6.00. The summed E-state index contributed by atoms with van der Waals surface area (Å²) < 4.78 is 0. The summed E-state index contributed by atoms with van der Waals surface area (Å²) in [5.74, 6) is 2.00. The highest BCUT2D eigenvalue weighted by Crippen LogP contribution is 2.28. The molecule has 0 aliphatic carbocycles. The Hall–Kier alpha value is -2.82. The van der Waals surface area contributed by atoms with Crippen LogP contribution in [0.4, 0.5) is 0 Å². The SMILES string of the molecule is CC1(C)CN=C(c2ccc(-c3cccc(-c4ccc(C5=NCC(C)(C)CN5)cc4)c3)cc2)NC1.Cl.Cl. The zero-order chi connectivity index (χ0) is 23.8. The summed E-state index contributed by atoms with van der Waals surface area (Å²) in [5, 5.41) is 6.97. The Kier molecular flexibility index (Phi) is 8.53. The third kappa shape index (κ3) is 6.29. The van der Waals surface area contributed by atoms with Crippen LogP contribution in [0.25, 0.3) is 22.3 Å². The summed E-state index contributed by atoms with van der Waals surface area (Å²) in [6.07, 6.45) is 0. The van der Waals surface area contributed by atoms with Gasteiger partial charge in [-0.3, -0.25) is 9.98 Å². The van der Waals surface area contributed by atoms with Crippen LogP contribution in [0.2, 0.25) is 0 Å². The maximum absolute atomic E-state index is 4.75. The molecule has 2 heterocycles. The Morgan fingerprint density at radius 3 is 1.22 bits per heavy atom. The van der Waals surface area contributed by atoms with Gasteiger partial charge in [0.25, 0.3) is 0 Å². The molecule has 2 aliphatic rings. The van der Waals surface area contributed by atoms with E-state index in [-0.39, 0.29) is 35.6 Å². The smallest absolute Gasteiger partial charge is 0.128 e. The van der Waals surface area contributed by atoms with Crippen LogP contribution in [-0.4, -0.2) is 37.9 Å². The summed E-state index contributed by atoms with van der Waals surface area (Å²) in [7, 11) is 0. The first kappa shape index (κ1) is 27.8. The highest BCUT2D eigenvalue weighted by atomic mass is 35.5. The van der Waals surface area contributed by atoms with Gasteiger partial charge in [-0.2, -0.15) is 0 Å².